The lowest BCUT2D eigenvalue weighted by Gasteiger charge is -2.39. The molecule has 2 bridgehead atoms. The Hall–Kier alpha value is -3.23. The van der Waals surface area contributed by atoms with Gasteiger partial charge in [-0.3, -0.25) is 9.69 Å². The number of aromatic amines is 1. The Balaban J connectivity index is 1.30. The van der Waals surface area contributed by atoms with Crippen molar-refractivity contribution < 1.29 is 19.0 Å². The minimum absolute atomic E-state index is 0.0996. The number of amides is 1. The molecule has 34 heavy (non-hydrogen) atoms. The highest BCUT2D eigenvalue weighted by atomic mass is 19.1. The molecular weight excluding hydrogens is 435 g/mol. The van der Waals surface area contributed by atoms with Crippen molar-refractivity contribution in [2.75, 3.05) is 26.7 Å². The zero-order valence-corrected chi connectivity index (χ0v) is 19.0. The number of pyridine rings is 1. The second kappa shape index (κ2) is 8.21. The Kier molecular flexibility index (Phi) is 5.15. The number of likely N-dealkylation sites (tertiary alicyclic amines) is 1. The number of carbonyl (C=O) groups excluding carboxylic acids is 1. The van der Waals surface area contributed by atoms with Crippen LogP contribution in [0.1, 0.15) is 25.0 Å². The molecule has 7 nitrogen and oxygen atoms in total. The first kappa shape index (κ1) is 21.3. The van der Waals surface area contributed by atoms with Crippen LogP contribution < -0.4 is 4.74 Å². The summed E-state index contributed by atoms with van der Waals surface area (Å²) in [7, 11) is 1.58. The molecule has 0 aliphatic carbocycles. The van der Waals surface area contributed by atoms with Crippen molar-refractivity contribution in [2.24, 2.45) is 0 Å². The van der Waals surface area contributed by atoms with E-state index in [0.29, 0.717) is 37.0 Å². The van der Waals surface area contributed by atoms with Gasteiger partial charge in [0.05, 0.1) is 19.8 Å². The number of nitrogens with one attached hydrogen (secondary N) is 1. The van der Waals surface area contributed by atoms with E-state index in [0.717, 1.165) is 41.6 Å². The molecule has 2 N–H and O–H groups in total. The molecule has 2 unspecified atom stereocenters. The van der Waals surface area contributed by atoms with Crippen molar-refractivity contribution in [3.8, 4) is 16.9 Å². The van der Waals surface area contributed by atoms with Gasteiger partial charge in [-0.25, -0.2) is 9.37 Å². The van der Waals surface area contributed by atoms with E-state index < -0.39 is 0 Å². The number of hydrogen-bond acceptors (Lipinski definition) is 5. The average Bonchev–Trinajstić information content (AvgIpc) is 3.34. The molecule has 2 aromatic heterocycles. The Morgan fingerprint density at radius 3 is 2.85 bits per heavy atom. The van der Waals surface area contributed by atoms with Crippen LogP contribution in [0.4, 0.5) is 4.39 Å². The SMILES string of the molecule is COc1ccc(F)cc1-c1ccnc2[nH]c(C3=CC4CCC(C3)N4CC(=O)N3CC(O)C3)cc12. The number of fused-ring (bicyclic) bond motifs is 3. The van der Waals surface area contributed by atoms with Crippen LogP contribution in [0.5, 0.6) is 5.75 Å². The number of nitrogens with zero attached hydrogens (tertiary/aromatic N) is 3. The number of ether oxygens (including phenoxy) is 1. The van der Waals surface area contributed by atoms with Gasteiger partial charge in [-0.2, -0.15) is 0 Å². The van der Waals surface area contributed by atoms with Gasteiger partial charge in [0.25, 0.3) is 0 Å². The summed E-state index contributed by atoms with van der Waals surface area (Å²) in [5, 5.41) is 10.4. The molecule has 5 heterocycles. The Morgan fingerprint density at radius 2 is 2.09 bits per heavy atom. The topological polar surface area (TPSA) is 81.7 Å². The molecule has 0 radical (unpaired) electrons. The molecule has 0 spiro atoms. The summed E-state index contributed by atoms with van der Waals surface area (Å²) in [6.45, 7) is 1.30. The fourth-order valence-corrected chi connectivity index (χ4v) is 5.60. The zero-order valence-electron chi connectivity index (χ0n) is 19.0. The van der Waals surface area contributed by atoms with Gasteiger partial charge in [0.15, 0.2) is 0 Å². The number of rotatable bonds is 5. The Labute approximate surface area is 196 Å². The summed E-state index contributed by atoms with van der Waals surface area (Å²) in [4.78, 5) is 24.6. The van der Waals surface area contributed by atoms with E-state index in [1.54, 1.807) is 24.3 Å². The van der Waals surface area contributed by atoms with Gasteiger partial charge in [0, 0.05) is 48.0 Å². The van der Waals surface area contributed by atoms with Gasteiger partial charge >= 0.3 is 0 Å². The number of benzene rings is 1. The maximum atomic E-state index is 14.0. The van der Waals surface area contributed by atoms with Gasteiger partial charge in [-0.15, -0.1) is 0 Å². The number of aromatic nitrogens is 2. The zero-order chi connectivity index (χ0) is 23.4. The largest absolute Gasteiger partial charge is 0.496 e. The summed E-state index contributed by atoms with van der Waals surface area (Å²) in [5.41, 5.74) is 4.55. The normalized spacial score (nSPS) is 22.7. The first-order valence-corrected chi connectivity index (χ1v) is 11.7. The quantitative estimate of drug-likeness (QED) is 0.609. The van der Waals surface area contributed by atoms with E-state index >= 15 is 0 Å². The molecule has 8 heteroatoms. The number of halogens is 1. The standard InChI is InChI=1S/C26H27FN4O3/c1-34-24-5-2-16(27)10-21(24)20-6-7-28-26-22(20)11-23(29-26)15-8-17-3-4-18(9-15)31(17)14-25(33)30-12-19(32)13-30/h2,5-8,10-11,17-19,32H,3-4,9,12-14H2,1H3,(H,28,29). The number of hydrogen-bond donors (Lipinski definition) is 2. The summed E-state index contributed by atoms with van der Waals surface area (Å²) in [6, 6.07) is 9.06. The summed E-state index contributed by atoms with van der Waals surface area (Å²) < 4.78 is 19.5. The third kappa shape index (κ3) is 3.58. The van der Waals surface area contributed by atoms with E-state index in [1.165, 1.54) is 17.7 Å². The van der Waals surface area contributed by atoms with E-state index in [1.807, 2.05) is 6.07 Å². The average molecular weight is 463 g/mol. The van der Waals surface area contributed by atoms with E-state index in [-0.39, 0.29) is 23.9 Å². The molecule has 176 valence electrons. The third-order valence-corrected chi connectivity index (χ3v) is 7.40. The summed E-state index contributed by atoms with van der Waals surface area (Å²) >= 11 is 0. The lowest BCUT2D eigenvalue weighted by molar-refractivity contribution is -0.143. The second-order valence-electron chi connectivity index (χ2n) is 9.47. The smallest absolute Gasteiger partial charge is 0.236 e. The molecule has 3 aromatic rings. The molecule has 2 fully saturated rings. The Bertz CT molecular complexity index is 1300. The third-order valence-electron chi connectivity index (χ3n) is 7.40. The summed E-state index contributed by atoms with van der Waals surface area (Å²) in [5.74, 6) is 0.398. The lowest BCUT2D eigenvalue weighted by atomic mass is 9.97. The van der Waals surface area contributed by atoms with Crippen LogP contribution in [0.2, 0.25) is 0 Å². The number of β-amino-alcohol motifs (C(OH)–C–C–N with tert-alkyl or cyclic N) is 1. The highest BCUT2D eigenvalue weighted by Crippen LogP contribution is 2.41. The minimum Gasteiger partial charge on any atom is -0.496 e. The first-order chi connectivity index (χ1) is 16.5. The van der Waals surface area contributed by atoms with Crippen molar-refractivity contribution in [1.82, 2.24) is 19.8 Å². The highest BCUT2D eigenvalue weighted by molar-refractivity contribution is 5.96. The van der Waals surface area contributed by atoms with Gasteiger partial charge in [-0.05, 0) is 60.7 Å². The maximum Gasteiger partial charge on any atom is 0.236 e. The first-order valence-electron chi connectivity index (χ1n) is 11.7. The van der Waals surface area contributed by atoms with Crippen LogP contribution in [0, 0.1) is 5.82 Å². The predicted octanol–water partition coefficient (Wildman–Crippen LogP) is 3.20. The molecular formula is C26H27FN4O3. The van der Waals surface area contributed by atoms with Crippen molar-refractivity contribution in [3.63, 3.8) is 0 Å². The van der Waals surface area contributed by atoms with Crippen LogP contribution in [-0.4, -0.2) is 75.7 Å². The maximum absolute atomic E-state index is 14.0. The molecule has 2 atom stereocenters. The number of carbonyl (C=O) groups is 1. The van der Waals surface area contributed by atoms with Gasteiger partial charge < -0.3 is 19.7 Å². The monoisotopic (exact) mass is 462 g/mol. The lowest BCUT2D eigenvalue weighted by Crippen LogP contribution is -2.57. The molecule has 0 saturated carbocycles. The van der Waals surface area contributed by atoms with Crippen LogP contribution in [0.25, 0.3) is 27.7 Å². The van der Waals surface area contributed by atoms with Crippen LogP contribution in [0.15, 0.2) is 42.6 Å². The van der Waals surface area contributed by atoms with Crippen LogP contribution >= 0.6 is 0 Å². The van der Waals surface area contributed by atoms with Gasteiger partial charge in [-0.1, -0.05) is 6.08 Å². The Morgan fingerprint density at radius 1 is 1.24 bits per heavy atom. The number of aliphatic hydroxyl groups excluding tert-OH is 1. The van der Waals surface area contributed by atoms with Crippen molar-refractivity contribution >= 4 is 22.5 Å². The molecule has 1 aromatic carbocycles. The number of H-pyrrole nitrogens is 1. The van der Waals surface area contributed by atoms with Crippen LogP contribution in [0.3, 0.4) is 0 Å². The molecule has 6 rings (SSSR count). The van der Waals surface area contributed by atoms with Crippen molar-refractivity contribution in [1.29, 1.82) is 0 Å². The van der Waals surface area contributed by atoms with Gasteiger partial charge in [0.1, 0.15) is 17.2 Å². The van der Waals surface area contributed by atoms with Crippen LogP contribution in [-0.2, 0) is 4.79 Å². The molecule has 1 amide bonds. The van der Waals surface area contributed by atoms with Crippen molar-refractivity contribution in [2.45, 2.75) is 37.5 Å². The molecule has 2 saturated heterocycles. The molecule has 3 aliphatic rings. The van der Waals surface area contributed by atoms with E-state index in [9.17, 15) is 14.3 Å². The minimum atomic E-state index is -0.374. The van der Waals surface area contributed by atoms with E-state index in [2.05, 4.69) is 27.0 Å². The number of aliphatic hydroxyl groups is 1. The molecule has 3 aliphatic heterocycles. The highest BCUT2D eigenvalue weighted by Gasteiger charge is 2.40. The predicted molar refractivity (Wildman–Crippen MR) is 127 cm³/mol. The second-order valence-corrected chi connectivity index (χ2v) is 9.47. The van der Waals surface area contributed by atoms with Crippen molar-refractivity contribution in [3.05, 3.63) is 54.1 Å². The number of methoxy groups -OCH3 is 1. The van der Waals surface area contributed by atoms with E-state index in [4.69, 9.17) is 4.74 Å². The van der Waals surface area contributed by atoms with Gasteiger partial charge in [0.2, 0.25) is 5.91 Å². The fourth-order valence-electron chi connectivity index (χ4n) is 5.60. The fraction of sp³-hybridized carbons (Fsp3) is 0.385. The summed E-state index contributed by atoms with van der Waals surface area (Å²) in [6.07, 6.45) is 6.58.